The lowest BCUT2D eigenvalue weighted by atomic mass is 10.1. The first-order chi connectivity index (χ1) is 8.43. The van der Waals surface area contributed by atoms with E-state index in [9.17, 15) is 0 Å². The molecule has 2 aliphatic heterocycles. The number of anilines is 2. The van der Waals surface area contributed by atoms with Crippen LogP contribution in [0, 0.1) is 5.38 Å². The maximum absolute atomic E-state index is 4.74. The fourth-order valence-corrected chi connectivity index (χ4v) is 3.26. The third kappa shape index (κ3) is 2.55. The Morgan fingerprint density at radius 2 is 1.76 bits per heavy atom. The second-order valence-corrected chi connectivity index (χ2v) is 5.48. The fourth-order valence-electron chi connectivity index (χ4n) is 2.46. The van der Waals surface area contributed by atoms with Gasteiger partial charge in [0.05, 0.1) is 5.38 Å². The van der Waals surface area contributed by atoms with Crippen molar-refractivity contribution in [1.82, 2.24) is 10.3 Å². The summed E-state index contributed by atoms with van der Waals surface area (Å²) in [6.07, 6.45) is 3.97. The monoisotopic (exact) mass is 251 g/mol. The lowest BCUT2D eigenvalue weighted by Gasteiger charge is -2.28. The Labute approximate surface area is 107 Å². The first-order valence-electron chi connectivity index (χ1n) is 6.52. The molecule has 4 nitrogen and oxygen atoms in total. The first-order valence-corrected chi connectivity index (χ1v) is 7.34. The quantitative estimate of drug-likeness (QED) is 0.859. The van der Waals surface area contributed by atoms with E-state index in [0.29, 0.717) is 0 Å². The Balaban J connectivity index is 1.68. The molecule has 93 valence electrons. The van der Waals surface area contributed by atoms with E-state index in [1.165, 1.54) is 19.3 Å². The highest BCUT2D eigenvalue weighted by atomic mass is 32.1. The number of piperazine rings is 1. The standard InChI is InChI=1S/C12H19N4S/c1-2-6-15(7-3-1)11-10-17-12(14-11)16-8-4-13-5-9-16/h13H,1-9H2. The molecular formula is C12H19N4S. The molecule has 3 heterocycles. The first kappa shape index (κ1) is 11.3. The van der Waals surface area contributed by atoms with Gasteiger partial charge in [0.25, 0.3) is 0 Å². The molecule has 1 aromatic heterocycles. The van der Waals surface area contributed by atoms with Gasteiger partial charge in [-0.1, -0.05) is 11.3 Å². The summed E-state index contributed by atoms with van der Waals surface area (Å²) >= 11 is 1.67. The summed E-state index contributed by atoms with van der Waals surface area (Å²) in [6.45, 7) is 6.58. The van der Waals surface area contributed by atoms with Gasteiger partial charge in [-0.2, -0.15) is 0 Å². The summed E-state index contributed by atoms with van der Waals surface area (Å²) in [5, 5.41) is 7.88. The minimum absolute atomic E-state index is 1.07. The number of nitrogens with zero attached hydrogens (tertiary/aromatic N) is 3. The van der Waals surface area contributed by atoms with Gasteiger partial charge in [-0.3, -0.25) is 0 Å². The molecule has 0 bridgehead atoms. The van der Waals surface area contributed by atoms with Crippen molar-refractivity contribution in [3.05, 3.63) is 5.38 Å². The largest absolute Gasteiger partial charge is 0.355 e. The van der Waals surface area contributed by atoms with Gasteiger partial charge in [-0.05, 0) is 19.3 Å². The van der Waals surface area contributed by atoms with Gasteiger partial charge >= 0.3 is 0 Å². The maximum Gasteiger partial charge on any atom is 0.188 e. The number of thiazole rings is 1. The van der Waals surface area contributed by atoms with Crippen molar-refractivity contribution in [2.45, 2.75) is 19.3 Å². The fraction of sp³-hybridized carbons (Fsp3) is 0.750. The smallest absolute Gasteiger partial charge is 0.188 e. The van der Waals surface area contributed by atoms with Crippen LogP contribution in [0.2, 0.25) is 0 Å². The Morgan fingerprint density at radius 3 is 2.53 bits per heavy atom. The van der Waals surface area contributed by atoms with Crippen molar-refractivity contribution in [3.63, 3.8) is 0 Å². The van der Waals surface area contributed by atoms with Gasteiger partial charge in [0, 0.05) is 39.3 Å². The number of hydrogen-bond acceptors (Lipinski definition) is 5. The van der Waals surface area contributed by atoms with Crippen LogP contribution < -0.4 is 15.1 Å². The summed E-state index contributed by atoms with van der Waals surface area (Å²) in [7, 11) is 0. The zero-order valence-electron chi connectivity index (χ0n) is 10.1. The van der Waals surface area contributed by atoms with Crippen LogP contribution in [-0.4, -0.2) is 44.3 Å². The molecule has 17 heavy (non-hydrogen) atoms. The predicted molar refractivity (Wildman–Crippen MR) is 72.1 cm³/mol. The zero-order chi connectivity index (χ0) is 11.5. The average Bonchev–Trinajstić information content (AvgIpc) is 2.90. The van der Waals surface area contributed by atoms with Crippen LogP contribution >= 0.6 is 11.3 Å². The SMILES string of the molecule is [c]1sc(N2CCNCC2)nc1N1CCCCC1. The van der Waals surface area contributed by atoms with Gasteiger partial charge in [0.15, 0.2) is 10.9 Å². The van der Waals surface area contributed by atoms with Crippen molar-refractivity contribution >= 4 is 22.3 Å². The number of piperidine rings is 1. The van der Waals surface area contributed by atoms with Gasteiger partial charge < -0.3 is 15.1 Å². The molecule has 0 saturated carbocycles. The van der Waals surface area contributed by atoms with E-state index in [1.54, 1.807) is 11.3 Å². The lowest BCUT2D eigenvalue weighted by molar-refractivity contribution is 0.571. The molecule has 1 radical (unpaired) electrons. The van der Waals surface area contributed by atoms with Crippen LogP contribution in [0.1, 0.15) is 19.3 Å². The lowest BCUT2D eigenvalue weighted by Crippen LogP contribution is -2.43. The number of nitrogens with one attached hydrogen (secondary N) is 1. The summed E-state index contributed by atoms with van der Waals surface area (Å²) in [6, 6.07) is 0. The molecule has 0 unspecified atom stereocenters. The summed E-state index contributed by atoms with van der Waals surface area (Å²) in [5.41, 5.74) is 0. The van der Waals surface area contributed by atoms with Crippen molar-refractivity contribution in [3.8, 4) is 0 Å². The van der Waals surface area contributed by atoms with Gasteiger partial charge in [0.2, 0.25) is 0 Å². The van der Waals surface area contributed by atoms with Gasteiger partial charge in [-0.15, -0.1) is 0 Å². The van der Waals surface area contributed by atoms with Crippen molar-refractivity contribution in [1.29, 1.82) is 0 Å². The summed E-state index contributed by atoms with van der Waals surface area (Å²) in [4.78, 5) is 9.49. The minimum Gasteiger partial charge on any atom is -0.355 e. The maximum atomic E-state index is 4.74. The number of aromatic nitrogens is 1. The average molecular weight is 251 g/mol. The van der Waals surface area contributed by atoms with E-state index in [-0.39, 0.29) is 0 Å². The molecule has 1 aromatic rings. The van der Waals surface area contributed by atoms with Crippen LogP contribution in [0.15, 0.2) is 0 Å². The van der Waals surface area contributed by atoms with Crippen LogP contribution in [-0.2, 0) is 0 Å². The highest BCUT2D eigenvalue weighted by Crippen LogP contribution is 2.27. The van der Waals surface area contributed by atoms with Crippen LogP contribution in [0.25, 0.3) is 0 Å². The molecular weight excluding hydrogens is 232 g/mol. The minimum atomic E-state index is 1.07. The Bertz CT molecular complexity index is 321. The van der Waals surface area contributed by atoms with Crippen LogP contribution in [0.5, 0.6) is 0 Å². The second kappa shape index (κ2) is 5.23. The molecule has 2 fully saturated rings. The number of hydrogen-bond donors (Lipinski definition) is 1. The third-order valence-electron chi connectivity index (χ3n) is 3.48. The number of rotatable bonds is 2. The molecule has 5 heteroatoms. The highest BCUT2D eigenvalue weighted by Gasteiger charge is 2.18. The van der Waals surface area contributed by atoms with Crippen molar-refractivity contribution in [2.75, 3.05) is 49.1 Å². The van der Waals surface area contributed by atoms with E-state index in [0.717, 1.165) is 50.2 Å². The molecule has 0 aromatic carbocycles. The van der Waals surface area contributed by atoms with Crippen LogP contribution in [0.3, 0.4) is 0 Å². The Hall–Kier alpha value is -0.810. The van der Waals surface area contributed by atoms with E-state index in [2.05, 4.69) is 20.5 Å². The van der Waals surface area contributed by atoms with Crippen molar-refractivity contribution < 1.29 is 0 Å². The van der Waals surface area contributed by atoms with Crippen molar-refractivity contribution in [2.24, 2.45) is 0 Å². The zero-order valence-corrected chi connectivity index (χ0v) is 10.9. The van der Waals surface area contributed by atoms with E-state index < -0.39 is 0 Å². The Morgan fingerprint density at radius 1 is 1.00 bits per heavy atom. The predicted octanol–water partition coefficient (Wildman–Crippen LogP) is 1.34. The molecule has 2 saturated heterocycles. The van der Waals surface area contributed by atoms with Crippen LogP contribution in [0.4, 0.5) is 10.9 Å². The van der Waals surface area contributed by atoms with E-state index in [1.807, 2.05) is 0 Å². The normalized spacial score (nSPS) is 21.9. The highest BCUT2D eigenvalue weighted by molar-refractivity contribution is 7.13. The molecule has 0 amide bonds. The molecule has 0 spiro atoms. The van der Waals surface area contributed by atoms with E-state index in [4.69, 9.17) is 4.98 Å². The summed E-state index contributed by atoms with van der Waals surface area (Å²) < 4.78 is 0. The van der Waals surface area contributed by atoms with Gasteiger partial charge in [-0.25, -0.2) is 4.98 Å². The summed E-state index contributed by atoms with van der Waals surface area (Å²) in [5.74, 6) is 1.07. The van der Waals surface area contributed by atoms with E-state index >= 15 is 0 Å². The molecule has 2 aliphatic rings. The molecule has 3 rings (SSSR count). The van der Waals surface area contributed by atoms with Gasteiger partial charge in [0.1, 0.15) is 0 Å². The third-order valence-corrected chi connectivity index (χ3v) is 4.29. The topological polar surface area (TPSA) is 31.4 Å². The molecule has 1 N–H and O–H groups in total. The Kier molecular flexibility index (Phi) is 3.47. The second-order valence-electron chi connectivity index (χ2n) is 4.71. The molecule has 0 aliphatic carbocycles. The molecule has 0 atom stereocenters.